The Bertz CT molecular complexity index is 514. The number of phenolic OH excluding ortho intramolecular Hbond substituents is 1. The van der Waals surface area contributed by atoms with Gasteiger partial charge in [0.2, 0.25) is 0 Å². The predicted molar refractivity (Wildman–Crippen MR) is 58.1 cm³/mol. The lowest BCUT2D eigenvalue weighted by molar-refractivity contribution is -0.266. The zero-order chi connectivity index (χ0) is 13.6. The summed E-state index contributed by atoms with van der Waals surface area (Å²) >= 11 is 0. The van der Waals surface area contributed by atoms with E-state index in [1.807, 2.05) is 0 Å². The van der Waals surface area contributed by atoms with Crippen LogP contribution in [0.1, 0.15) is 17.5 Å². The monoisotopic (exact) mass is 260 g/mol. The van der Waals surface area contributed by atoms with Crippen molar-refractivity contribution in [2.45, 2.75) is 25.2 Å². The number of nitrogens with one attached hydrogen (secondary N) is 1. The molecular formula is C11H11F3N2O2. The molecule has 0 amide bonds. The summed E-state index contributed by atoms with van der Waals surface area (Å²) in [7, 11) is 0. The number of phenols is 1. The van der Waals surface area contributed by atoms with Crippen molar-refractivity contribution >= 4 is 5.71 Å². The van der Waals surface area contributed by atoms with E-state index in [4.69, 9.17) is 0 Å². The van der Waals surface area contributed by atoms with Gasteiger partial charge >= 0.3 is 6.18 Å². The fourth-order valence-electron chi connectivity index (χ4n) is 1.68. The lowest BCUT2D eigenvalue weighted by atomic mass is 9.99. The Morgan fingerprint density at radius 3 is 2.61 bits per heavy atom. The molecule has 0 unspecified atom stereocenters. The number of aromatic hydroxyl groups is 1. The minimum absolute atomic E-state index is 0.0315. The Hall–Kier alpha value is -1.76. The van der Waals surface area contributed by atoms with E-state index in [2.05, 4.69) is 5.10 Å². The number of alkyl halides is 3. The van der Waals surface area contributed by atoms with Gasteiger partial charge in [-0.05, 0) is 19.1 Å². The highest BCUT2D eigenvalue weighted by atomic mass is 19.4. The summed E-state index contributed by atoms with van der Waals surface area (Å²) in [4.78, 5) is 0. The van der Waals surface area contributed by atoms with Crippen LogP contribution in [0.4, 0.5) is 13.2 Å². The molecule has 1 atom stereocenters. The van der Waals surface area contributed by atoms with Crippen LogP contribution in [-0.4, -0.2) is 27.8 Å². The van der Waals surface area contributed by atoms with Crippen molar-refractivity contribution in [1.82, 2.24) is 5.43 Å². The average molecular weight is 260 g/mol. The molecule has 1 heterocycles. The number of aryl methyl sites for hydroxylation is 1. The Balaban J connectivity index is 2.31. The van der Waals surface area contributed by atoms with E-state index in [-0.39, 0.29) is 17.0 Å². The van der Waals surface area contributed by atoms with Crippen molar-refractivity contribution < 1.29 is 23.4 Å². The Morgan fingerprint density at radius 1 is 1.39 bits per heavy atom. The fraction of sp³-hybridized carbons (Fsp3) is 0.364. The maximum absolute atomic E-state index is 12.6. The fourth-order valence-corrected chi connectivity index (χ4v) is 1.68. The summed E-state index contributed by atoms with van der Waals surface area (Å²) < 4.78 is 37.7. The van der Waals surface area contributed by atoms with E-state index in [1.54, 1.807) is 18.4 Å². The minimum Gasteiger partial charge on any atom is -0.507 e. The molecule has 0 radical (unpaired) electrons. The second-order valence-corrected chi connectivity index (χ2v) is 4.23. The number of rotatable bonds is 1. The summed E-state index contributed by atoms with van der Waals surface area (Å²) in [6.07, 6.45) is -5.58. The van der Waals surface area contributed by atoms with Gasteiger partial charge in [0.25, 0.3) is 5.72 Å². The summed E-state index contributed by atoms with van der Waals surface area (Å²) in [6, 6.07) is 4.51. The van der Waals surface area contributed by atoms with E-state index >= 15 is 0 Å². The standard InChI is InChI=1S/C11H11F3N2O2/c1-6-2-3-9(17)7(4-6)8-5-10(18,16-15-8)11(12,13)14/h2-4,16-18H,5H2,1H3/t10-/m1/s1. The van der Waals surface area contributed by atoms with Gasteiger partial charge in [0.15, 0.2) is 0 Å². The minimum atomic E-state index is -4.84. The molecule has 0 aromatic heterocycles. The smallest absolute Gasteiger partial charge is 0.438 e. The Morgan fingerprint density at radius 2 is 2.06 bits per heavy atom. The van der Waals surface area contributed by atoms with Gasteiger partial charge in [-0.15, -0.1) is 0 Å². The van der Waals surface area contributed by atoms with Gasteiger partial charge in [-0.3, -0.25) is 5.43 Å². The predicted octanol–water partition coefficient (Wildman–Crippen LogP) is 1.65. The normalized spacial score (nSPS) is 23.7. The summed E-state index contributed by atoms with van der Waals surface area (Å²) in [6.45, 7) is 1.74. The molecule has 1 aromatic rings. The van der Waals surface area contributed by atoms with E-state index in [1.165, 1.54) is 12.1 Å². The van der Waals surface area contributed by atoms with E-state index < -0.39 is 18.3 Å². The first-order valence-corrected chi connectivity index (χ1v) is 5.16. The van der Waals surface area contributed by atoms with Gasteiger partial charge in [0.05, 0.1) is 12.1 Å². The second-order valence-electron chi connectivity index (χ2n) is 4.23. The van der Waals surface area contributed by atoms with Gasteiger partial charge in [-0.1, -0.05) is 11.6 Å². The molecule has 0 bridgehead atoms. The van der Waals surface area contributed by atoms with Crippen LogP contribution in [0.5, 0.6) is 5.75 Å². The molecule has 0 aliphatic carbocycles. The van der Waals surface area contributed by atoms with Crippen LogP contribution in [0.15, 0.2) is 23.3 Å². The number of hydrogen-bond donors (Lipinski definition) is 3. The van der Waals surface area contributed by atoms with Gasteiger partial charge in [0.1, 0.15) is 5.75 Å². The summed E-state index contributed by atoms with van der Waals surface area (Å²) in [5.74, 6) is -0.174. The first kappa shape index (κ1) is 12.7. The molecule has 98 valence electrons. The van der Waals surface area contributed by atoms with Crippen LogP contribution in [0.3, 0.4) is 0 Å². The summed E-state index contributed by atoms with van der Waals surface area (Å²) in [5, 5.41) is 22.4. The molecule has 7 heteroatoms. The first-order valence-electron chi connectivity index (χ1n) is 5.16. The second kappa shape index (κ2) is 3.88. The van der Waals surface area contributed by atoms with Crippen molar-refractivity contribution in [1.29, 1.82) is 0 Å². The van der Waals surface area contributed by atoms with Gasteiger partial charge in [0, 0.05) is 5.56 Å². The molecule has 18 heavy (non-hydrogen) atoms. The zero-order valence-electron chi connectivity index (χ0n) is 9.41. The maximum Gasteiger partial charge on any atom is 0.438 e. The van der Waals surface area contributed by atoms with Crippen molar-refractivity contribution in [2.75, 3.05) is 0 Å². The third kappa shape index (κ3) is 2.01. The lowest BCUT2D eigenvalue weighted by Crippen LogP contribution is -2.52. The zero-order valence-corrected chi connectivity index (χ0v) is 9.41. The van der Waals surface area contributed by atoms with Gasteiger partial charge in [-0.25, -0.2) is 0 Å². The number of aliphatic hydroxyl groups is 1. The van der Waals surface area contributed by atoms with Gasteiger partial charge < -0.3 is 10.2 Å². The largest absolute Gasteiger partial charge is 0.507 e. The molecular weight excluding hydrogens is 249 g/mol. The molecule has 0 spiro atoms. The molecule has 1 aromatic carbocycles. The maximum atomic E-state index is 12.6. The number of benzene rings is 1. The third-order valence-electron chi connectivity index (χ3n) is 2.73. The van der Waals surface area contributed by atoms with Crippen LogP contribution < -0.4 is 5.43 Å². The third-order valence-corrected chi connectivity index (χ3v) is 2.73. The van der Waals surface area contributed by atoms with Crippen LogP contribution in [0.25, 0.3) is 0 Å². The van der Waals surface area contributed by atoms with E-state index in [9.17, 15) is 23.4 Å². The molecule has 2 rings (SSSR count). The molecule has 0 saturated heterocycles. The van der Waals surface area contributed by atoms with Crippen molar-refractivity contribution in [3.8, 4) is 5.75 Å². The average Bonchev–Trinajstić information content (AvgIpc) is 2.65. The van der Waals surface area contributed by atoms with Crippen molar-refractivity contribution in [3.63, 3.8) is 0 Å². The van der Waals surface area contributed by atoms with Crippen molar-refractivity contribution in [2.24, 2.45) is 5.10 Å². The highest BCUT2D eigenvalue weighted by molar-refractivity contribution is 6.04. The van der Waals surface area contributed by atoms with Crippen LogP contribution in [0.2, 0.25) is 0 Å². The molecule has 0 saturated carbocycles. The molecule has 4 nitrogen and oxygen atoms in total. The van der Waals surface area contributed by atoms with Crippen molar-refractivity contribution in [3.05, 3.63) is 29.3 Å². The molecule has 1 aliphatic rings. The SMILES string of the molecule is Cc1ccc(O)c(C2=NN[C@](O)(C(F)(F)F)C2)c1. The quantitative estimate of drug-likeness (QED) is 0.719. The molecule has 0 fully saturated rings. The van der Waals surface area contributed by atoms with Crippen LogP contribution in [0, 0.1) is 6.92 Å². The Labute approximate surface area is 101 Å². The number of hydrogen-bond acceptors (Lipinski definition) is 4. The summed E-state index contributed by atoms with van der Waals surface area (Å²) in [5.41, 5.74) is -0.472. The van der Waals surface area contributed by atoms with Gasteiger partial charge in [-0.2, -0.15) is 18.3 Å². The number of halogens is 3. The molecule has 3 N–H and O–H groups in total. The number of nitrogens with zero attached hydrogens (tertiary/aromatic N) is 1. The highest BCUT2D eigenvalue weighted by Gasteiger charge is 2.57. The Kier molecular flexibility index (Phi) is 2.73. The van der Waals surface area contributed by atoms with E-state index in [0.717, 1.165) is 5.56 Å². The highest BCUT2D eigenvalue weighted by Crippen LogP contribution is 2.36. The van der Waals surface area contributed by atoms with E-state index in [0.29, 0.717) is 0 Å². The molecule has 1 aliphatic heterocycles. The lowest BCUT2D eigenvalue weighted by Gasteiger charge is -2.24. The number of hydrazone groups is 1. The van der Waals surface area contributed by atoms with Crippen LogP contribution in [-0.2, 0) is 0 Å². The topological polar surface area (TPSA) is 64.9 Å². The van der Waals surface area contributed by atoms with Crippen LogP contribution >= 0.6 is 0 Å². The first-order chi connectivity index (χ1) is 8.23.